The minimum absolute atomic E-state index is 0.0111. The van der Waals surface area contributed by atoms with E-state index in [0.717, 1.165) is 6.42 Å². The van der Waals surface area contributed by atoms with Crippen molar-refractivity contribution in [3.8, 4) is 6.19 Å². The van der Waals surface area contributed by atoms with E-state index in [1.807, 2.05) is 42.6 Å². The van der Waals surface area contributed by atoms with E-state index in [1.165, 1.54) is 11.1 Å². The lowest BCUT2D eigenvalue weighted by Crippen LogP contribution is -2.36. The molecule has 0 heterocycles. The van der Waals surface area contributed by atoms with Crippen LogP contribution >= 0.6 is 0 Å². The summed E-state index contributed by atoms with van der Waals surface area (Å²) < 4.78 is 0. The summed E-state index contributed by atoms with van der Waals surface area (Å²) in [5, 5.41) is 23.0. The molecule has 2 rings (SSSR count). The Kier molecular flexibility index (Phi) is 7.32. The molecule has 0 spiro atoms. The first-order valence-electron chi connectivity index (χ1n) is 7.99. The van der Waals surface area contributed by atoms with Crippen molar-refractivity contribution in [2.24, 2.45) is 4.99 Å². The molecule has 2 aromatic rings. The highest BCUT2D eigenvalue weighted by Gasteiger charge is 2.13. The second kappa shape index (κ2) is 10.0. The van der Waals surface area contributed by atoms with Crippen LogP contribution in [-0.4, -0.2) is 30.8 Å². The summed E-state index contributed by atoms with van der Waals surface area (Å²) in [6.45, 7) is 0.911. The fourth-order valence-electron chi connectivity index (χ4n) is 2.57. The van der Waals surface area contributed by atoms with Crippen molar-refractivity contribution in [2.75, 3.05) is 19.7 Å². The van der Waals surface area contributed by atoms with Gasteiger partial charge in [0.2, 0.25) is 5.96 Å². The largest absolute Gasteiger partial charge is 0.395 e. The standard InChI is InChI=1S/C19H22N4O/c20-15-23-19(22-13-14-24)21-12-11-18(16-7-3-1-4-8-16)17-9-5-2-6-10-17/h1-10,18,24H,11-14H2,(H2,21,22,23). The zero-order chi connectivity index (χ0) is 17.0. The molecule has 0 amide bonds. The molecule has 0 aliphatic carbocycles. The molecule has 0 atom stereocenters. The van der Waals surface area contributed by atoms with Gasteiger partial charge < -0.3 is 10.4 Å². The van der Waals surface area contributed by atoms with Gasteiger partial charge in [0.15, 0.2) is 6.19 Å². The minimum Gasteiger partial charge on any atom is -0.395 e. The van der Waals surface area contributed by atoms with Crippen LogP contribution in [0.15, 0.2) is 65.7 Å². The van der Waals surface area contributed by atoms with E-state index < -0.39 is 0 Å². The summed E-state index contributed by atoms with van der Waals surface area (Å²) >= 11 is 0. The Bertz CT molecular complexity index is 625. The van der Waals surface area contributed by atoms with E-state index in [1.54, 1.807) is 0 Å². The molecule has 5 heteroatoms. The maximum absolute atomic E-state index is 8.87. The number of benzene rings is 2. The first kappa shape index (κ1) is 17.5. The van der Waals surface area contributed by atoms with Crippen LogP contribution in [0.3, 0.4) is 0 Å². The van der Waals surface area contributed by atoms with Crippen LogP contribution < -0.4 is 10.6 Å². The zero-order valence-electron chi connectivity index (χ0n) is 13.5. The highest BCUT2D eigenvalue weighted by atomic mass is 16.3. The van der Waals surface area contributed by atoms with Gasteiger partial charge in [-0.1, -0.05) is 60.7 Å². The summed E-state index contributed by atoms with van der Waals surface area (Å²) in [7, 11) is 0. The van der Waals surface area contributed by atoms with Gasteiger partial charge in [0.25, 0.3) is 0 Å². The number of aliphatic imine (C=N–C) groups is 1. The number of nitriles is 1. The van der Waals surface area contributed by atoms with Crippen molar-refractivity contribution in [1.82, 2.24) is 10.6 Å². The molecule has 0 radical (unpaired) electrons. The highest BCUT2D eigenvalue weighted by molar-refractivity contribution is 5.81. The Balaban J connectivity index is 2.10. The van der Waals surface area contributed by atoms with Gasteiger partial charge >= 0.3 is 0 Å². The zero-order valence-corrected chi connectivity index (χ0v) is 13.5. The molecular formula is C19H22N4O. The third-order valence-electron chi connectivity index (χ3n) is 3.67. The normalized spacial score (nSPS) is 11.1. The molecule has 3 N–H and O–H groups in total. The summed E-state index contributed by atoms with van der Waals surface area (Å²) in [6, 6.07) is 20.7. The maximum Gasteiger partial charge on any atom is 0.204 e. The average Bonchev–Trinajstić information content (AvgIpc) is 2.64. The molecule has 0 aliphatic rings. The number of aliphatic hydroxyl groups excluding tert-OH is 1. The van der Waals surface area contributed by atoms with E-state index in [-0.39, 0.29) is 12.5 Å². The van der Waals surface area contributed by atoms with Gasteiger partial charge in [0.1, 0.15) is 0 Å². The second-order valence-corrected chi connectivity index (χ2v) is 5.28. The van der Waals surface area contributed by atoms with Gasteiger partial charge in [-0.15, -0.1) is 0 Å². The fraction of sp³-hybridized carbons (Fsp3) is 0.263. The quantitative estimate of drug-likeness (QED) is 0.316. The van der Waals surface area contributed by atoms with Gasteiger partial charge in [0.05, 0.1) is 6.61 Å². The predicted octanol–water partition coefficient (Wildman–Crippen LogP) is 2.22. The molecule has 0 unspecified atom stereocenters. The number of guanidine groups is 1. The number of hydrogen-bond acceptors (Lipinski definition) is 3. The van der Waals surface area contributed by atoms with E-state index in [9.17, 15) is 0 Å². The van der Waals surface area contributed by atoms with Crippen molar-refractivity contribution < 1.29 is 5.11 Å². The van der Waals surface area contributed by atoms with E-state index in [2.05, 4.69) is 39.9 Å². The van der Waals surface area contributed by atoms with E-state index >= 15 is 0 Å². The van der Waals surface area contributed by atoms with E-state index in [0.29, 0.717) is 19.0 Å². The number of rotatable bonds is 7. The van der Waals surface area contributed by atoms with Crippen LogP contribution in [0.4, 0.5) is 0 Å². The average molecular weight is 322 g/mol. The van der Waals surface area contributed by atoms with Crippen LogP contribution in [0.5, 0.6) is 0 Å². The van der Waals surface area contributed by atoms with Gasteiger partial charge in [-0.3, -0.25) is 10.3 Å². The Morgan fingerprint density at radius 3 is 2.12 bits per heavy atom. The Morgan fingerprint density at radius 2 is 1.62 bits per heavy atom. The second-order valence-electron chi connectivity index (χ2n) is 5.28. The lowest BCUT2D eigenvalue weighted by molar-refractivity contribution is 0.300. The SMILES string of the molecule is N#CNC(=NCCC(c1ccccc1)c1ccccc1)NCCO. The molecule has 24 heavy (non-hydrogen) atoms. The topological polar surface area (TPSA) is 80.4 Å². The smallest absolute Gasteiger partial charge is 0.204 e. The fourth-order valence-corrected chi connectivity index (χ4v) is 2.57. The van der Waals surface area contributed by atoms with Crippen LogP contribution in [0.25, 0.3) is 0 Å². The van der Waals surface area contributed by atoms with Gasteiger partial charge in [-0.25, -0.2) is 0 Å². The maximum atomic E-state index is 8.87. The predicted molar refractivity (Wildman–Crippen MR) is 95.5 cm³/mol. The highest BCUT2D eigenvalue weighted by Crippen LogP contribution is 2.27. The van der Waals surface area contributed by atoms with Crippen LogP contribution in [0.2, 0.25) is 0 Å². The molecule has 0 aromatic heterocycles. The molecule has 0 bridgehead atoms. The molecule has 0 aliphatic heterocycles. The van der Waals surface area contributed by atoms with E-state index in [4.69, 9.17) is 10.4 Å². The van der Waals surface area contributed by atoms with Crippen LogP contribution in [0, 0.1) is 11.5 Å². The third-order valence-corrected chi connectivity index (χ3v) is 3.67. The lowest BCUT2D eigenvalue weighted by atomic mass is 9.89. The Morgan fingerprint density at radius 1 is 1.04 bits per heavy atom. The number of nitrogens with zero attached hydrogens (tertiary/aromatic N) is 2. The van der Waals surface area contributed by atoms with Crippen LogP contribution in [-0.2, 0) is 0 Å². The van der Waals surface area contributed by atoms with Gasteiger partial charge in [0, 0.05) is 19.0 Å². The van der Waals surface area contributed by atoms with Gasteiger partial charge in [-0.2, -0.15) is 5.26 Å². The Labute approximate surface area is 142 Å². The lowest BCUT2D eigenvalue weighted by Gasteiger charge is -2.17. The number of nitrogens with one attached hydrogen (secondary N) is 2. The molecule has 124 valence electrons. The summed E-state index contributed by atoms with van der Waals surface area (Å²) in [5.74, 6) is 0.642. The van der Waals surface area contributed by atoms with Crippen molar-refractivity contribution in [2.45, 2.75) is 12.3 Å². The van der Waals surface area contributed by atoms with Crippen molar-refractivity contribution in [3.63, 3.8) is 0 Å². The molecular weight excluding hydrogens is 300 g/mol. The molecule has 0 saturated heterocycles. The summed E-state index contributed by atoms with van der Waals surface area (Å²) in [6.07, 6.45) is 2.68. The first-order valence-corrected chi connectivity index (χ1v) is 7.99. The molecule has 0 fully saturated rings. The van der Waals surface area contributed by atoms with Gasteiger partial charge in [-0.05, 0) is 17.5 Å². The van der Waals surface area contributed by atoms with Crippen molar-refractivity contribution >= 4 is 5.96 Å². The molecule has 2 aromatic carbocycles. The van der Waals surface area contributed by atoms with Crippen LogP contribution in [0.1, 0.15) is 23.5 Å². The minimum atomic E-state index is -0.0111. The Hall–Kier alpha value is -2.84. The summed E-state index contributed by atoms with van der Waals surface area (Å²) in [5.41, 5.74) is 2.49. The summed E-state index contributed by atoms with van der Waals surface area (Å²) in [4.78, 5) is 4.40. The monoisotopic (exact) mass is 322 g/mol. The third kappa shape index (κ3) is 5.41. The van der Waals surface area contributed by atoms with Crippen molar-refractivity contribution in [1.29, 1.82) is 5.26 Å². The number of aliphatic hydroxyl groups is 1. The molecule has 5 nitrogen and oxygen atoms in total. The first-order chi connectivity index (χ1) is 11.8. The molecule has 0 saturated carbocycles. The number of hydrogen-bond donors (Lipinski definition) is 3. The van der Waals surface area contributed by atoms with Crippen molar-refractivity contribution in [3.05, 3.63) is 71.8 Å².